The third kappa shape index (κ3) is 3.00. The molecule has 0 atom stereocenters. The minimum atomic E-state index is 0.207. The number of aromatic nitrogens is 2. The van der Waals surface area contributed by atoms with Crippen molar-refractivity contribution in [3.05, 3.63) is 40.0 Å². The van der Waals surface area contributed by atoms with Gasteiger partial charge in [0.25, 0.3) is 0 Å². The zero-order chi connectivity index (χ0) is 14.7. The van der Waals surface area contributed by atoms with Crippen LogP contribution in [-0.4, -0.2) is 17.1 Å². The van der Waals surface area contributed by atoms with Gasteiger partial charge in [-0.15, -0.1) is 0 Å². The molecule has 1 aromatic heterocycles. The molecule has 0 amide bonds. The van der Waals surface area contributed by atoms with Gasteiger partial charge in [-0.2, -0.15) is 4.98 Å². The second-order valence-electron chi connectivity index (χ2n) is 4.37. The standard InChI is InChI=1S/C14H16ClN3O2/c1-8-4-10(6-16)5-9(2)12(8)20-13-11(15)7-17-14(18-13)19-3/h4-5,7H,6,16H2,1-3H3. The lowest BCUT2D eigenvalue weighted by Crippen LogP contribution is -2.01. The third-order valence-corrected chi connectivity index (χ3v) is 3.09. The van der Waals surface area contributed by atoms with E-state index in [4.69, 9.17) is 26.8 Å². The van der Waals surface area contributed by atoms with Crippen LogP contribution in [0.2, 0.25) is 5.02 Å². The predicted octanol–water partition coefficient (Wildman–Crippen LogP) is 3.01. The van der Waals surface area contributed by atoms with Gasteiger partial charge in [0.15, 0.2) is 0 Å². The molecule has 0 radical (unpaired) electrons. The van der Waals surface area contributed by atoms with Gasteiger partial charge in [0, 0.05) is 6.54 Å². The number of ether oxygens (including phenoxy) is 2. The Morgan fingerprint density at radius 1 is 1.25 bits per heavy atom. The van der Waals surface area contributed by atoms with E-state index in [9.17, 15) is 0 Å². The largest absolute Gasteiger partial charge is 0.467 e. The van der Waals surface area contributed by atoms with Crippen molar-refractivity contribution in [1.82, 2.24) is 9.97 Å². The van der Waals surface area contributed by atoms with Crippen molar-refractivity contribution in [3.63, 3.8) is 0 Å². The van der Waals surface area contributed by atoms with Crippen LogP contribution in [0.4, 0.5) is 0 Å². The highest BCUT2D eigenvalue weighted by molar-refractivity contribution is 6.31. The van der Waals surface area contributed by atoms with E-state index in [-0.39, 0.29) is 11.9 Å². The summed E-state index contributed by atoms with van der Waals surface area (Å²) in [6.45, 7) is 4.39. The summed E-state index contributed by atoms with van der Waals surface area (Å²) in [6.07, 6.45) is 1.45. The molecule has 0 fully saturated rings. The zero-order valence-corrected chi connectivity index (χ0v) is 12.4. The minimum Gasteiger partial charge on any atom is -0.467 e. The van der Waals surface area contributed by atoms with Gasteiger partial charge in [-0.1, -0.05) is 23.7 Å². The number of nitrogens with two attached hydrogens (primary N) is 1. The van der Waals surface area contributed by atoms with Crippen molar-refractivity contribution >= 4 is 11.6 Å². The summed E-state index contributed by atoms with van der Waals surface area (Å²) in [5, 5.41) is 0.326. The van der Waals surface area contributed by atoms with Crippen LogP contribution in [0.5, 0.6) is 17.6 Å². The summed E-state index contributed by atoms with van der Waals surface area (Å²) in [6, 6.07) is 4.17. The second kappa shape index (κ2) is 6.07. The van der Waals surface area contributed by atoms with Gasteiger partial charge in [0.05, 0.1) is 13.3 Å². The van der Waals surface area contributed by atoms with E-state index >= 15 is 0 Å². The SMILES string of the molecule is COc1ncc(Cl)c(Oc2c(C)cc(CN)cc2C)n1. The lowest BCUT2D eigenvalue weighted by molar-refractivity contribution is 0.365. The van der Waals surface area contributed by atoms with Gasteiger partial charge >= 0.3 is 6.01 Å². The number of nitrogens with zero attached hydrogens (tertiary/aromatic N) is 2. The molecule has 0 spiro atoms. The van der Waals surface area contributed by atoms with E-state index in [1.807, 2.05) is 26.0 Å². The first-order valence-corrected chi connectivity index (χ1v) is 6.47. The molecule has 0 aliphatic carbocycles. The molecule has 2 rings (SSSR count). The molecule has 106 valence electrons. The highest BCUT2D eigenvalue weighted by Gasteiger charge is 2.12. The average molecular weight is 294 g/mol. The highest BCUT2D eigenvalue weighted by atomic mass is 35.5. The van der Waals surface area contributed by atoms with Gasteiger partial charge in [0.2, 0.25) is 5.88 Å². The molecule has 0 aliphatic heterocycles. The molecule has 20 heavy (non-hydrogen) atoms. The summed E-state index contributed by atoms with van der Waals surface area (Å²) in [7, 11) is 1.49. The monoisotopic (exact) mass is 293 g/mol. The Labute approximate surface area is 122 Å². The van der Waals surface area contributed by atoms with Crippen LogP contribution in [0.3, 0.4) is 0 Å². The van der Waals surface area contributed by atoms with Gasteiger partial charge in [-0.3, -0.25) is 0 Å². The summed E-state index contributed by atoms with van der Waals surface area (Å²) >= 11 is 6.04. The lowest BCUT2D eigenvalue weighted by atomic mass is 10.1. The summed E-state index contributed by atoms with van der Waals surface area (Å²) in [4.78, 5) is 8.01. The number of rotatable bonds is 4. The number of benzene rings is 1. The fourth-order valence-corrected chi connectivity index (χ4v) is 2.05. The first kappa shape index (κ1) is 14.6. The maximum atomic E-state index is 6.04. The molecule has 2 aromatic rings. The minimum absolute atomic E-state index is 0.207. The Kier molecular flexibility index (Phi) is 4.42. The van der Waals surface area contributed by atoms with Crippen LogP contribution in [0.25, 0.3) is 0 Å². The molecule has 0 saturated heterocycles. The van der Waals surface area contributed by atoms with Crippen molar-refractivity contribution in [2.75, 3.05) is 7.11 Å². The molecule has 0 unspecified atom stereocenters. The Morgan fingerprint density at radius 2 is 1.90 bits per heavy atom. The molecule has 1 heterocycles. The van der Waals surface area contributed by atoms with Crippen LogP contribution >= 0.6 is 11.6 Å². The third-order valence-electron chi connectivity index (χ3n) is 2.83. The van der Waals surface area contributed by atoms with Crippen molar-refractivity contribution in [2.24, 2.45) is 5.73 Å². The predicted molar refractivity (Wildman–Crippen MR) is 77.5 cm³/mol. The Balaban J connectivity index is 2.39. The topological polar surface area (TPSA) is 70.3 Å². The van der Waals surface area contributed by atoms with Gasteiger partial charge in [0.1, 0.15) is 10.8 Å². The van der Waals surface area contributed by atoms with Crippen LogP contribution < -0.4 is 15.2 Å². The van der Waals surface area contributed by atoms with Crippen LogP contribution in [0, 0.1) is 13.8 Å². The average Bonchev–Trinajstić information content (AvgIpc) is 2.44. The lowest BCUT2D eigenvalue weighted by Gasteiger charge is -2.13. The summed E-state index contributed by atoms with van der Waals surface area (Å²) in [5.41, 5.74) is 8.65. The van der Waals surface area contributed by atoms with Gasteiger partial charge in [-0.05, 0) is 30.5 Å². The molecule has 0 aliphatic rings. The van der Waals surface area contributed by atoms with Gasteiger partial charge < -0.3 is 15.2 Å². The molecule has 6 heteroatoms. The van der Waals surface area contributed by atoms with E-state index < -0.39 is 0 Å². The molecule has 2 N–H and O–H groups in total. The van der Waals surface area contributed by atoms with Crippen molar-refractivity contribution in [3.8, 4) is 17.6 Å². The second-order valence-corrected chi connectivity index (χ2v) is 4.78. The Hall–Kier alpha value is -1.85. The van der Waals surface area contributed by atoms with E-state index in [2.05, 4.69) is 9.97 Å². The first-order chi connectivity index (χ1) is 9.55. The number of halogens is 1. The number of hydrogen-bond acceptors (Lipinski definition) is 5. The van der Waals surface area contributed by atoms with E-state index in [0.29, 0.717) is 17.3 Å². The van der Waals surface area contributed by atoms with E-state index in [1.54, 1.807) is 0 Å². The fraction of sp³-hybridized carbons (Fsp3) is 0.286. The van der Waals surface area contributed by atoms with Crippen molar-refractivity contribution in [1.29, 1.82) is 0 Å². The van der Waals surface area contributed by atoms with Crippen LogP contribution in [0.1, 0.15) is 16.7 Å². The Morgan fingerprint density at radius 3 is 2.45 bits per heavy atom. The van der Waals surface area contributed by atoms with E-state index in [0.717, 1.165) is 16.7 Å². The van der Waals surface area contributed by atoms with E-state index in [1.165, 1.54) is 13.3 Å². The van der Waals surface area contributed by atoms with Crippen LogP contribution in [-0.2, 0) is 6.54 Å². The molecular weight excluding hydrogens is 278 g/mol. The zero-order valence-electron chi connectivity index (χ0n) is 11.6. The maximum absolute atomic E-state index is 6.04. The van der Waals surface area contributed by atoms with Gasteiger partial charge in [-0.25, -0.2) is 4.98 Å². The number of methoxy groups -OCH3 is 1. The Bertz CT molecular complexity index is 609. The molecule has 0 saturated carbocycles. The maximum Gasteiger partial charge on any atom is 0.319 e. The molecule has 1 aromatic carbocycles. The quantitative estimate of drug-likeness (QED) is 0.938. The summed E-state index contributed by atoms with van der Waals surface area (Å²) in [5.74, 6) is 0.982. The van der Waals surface area contributed by atoms with Crippen molar-refractivity contribution in [2.45, 2.75) is 20.4 Å². The normalized spacial score (nSPS) is 10.4. The molecule has 5 nitrogen and oxygen atoms in total. The smallest absolute Gasteiger partial charge is 0.319 e. The molecular formula is C14H16ClN3O2. The summed E-state index contributed by atoms with van der Waals surface area (Å²) < 4.78 is 10.8. The van der Waals surface area contributed by atoms with Crippen molar-refractivity contribution < 1.29 is 9.47 Å². The number of aryl methyl sites for hydroxylation is 2. The fourth-order valence-electron chi connectivity index (χ4n) is 1.92. The molecule has 0 bridgehead atoms. The number of hydrogen-bond donors (Lipinski definition) is 1. The first-order valence-electron chi connectivity index (χ1n) is 6.09. The highest BCUT2D eigenvalue weighted by Crippen LogP contribution is 2.33. The van der Waals surface area contributed by atoms with Crippen LogP contribution in [0.15, 0.2) is 18.3 Å².